The first-order chi connectivity index (χ1) is 18.0. The maximum Gasteiger partial charge on any atom is 0.408 e. The molecule has 4 atom stereocenters. The van der Waals surface area contributed by atoms with Crippen molar-refractivity contribution in [3.8, 4) is 0 Å². The van der Waals surface area contributed by atoms with E-state index >= 15 is 0 Å². The monoisotopic (exact) mass is 596 g/mol. The molecule has 14 nitrogen and oxygen atoms in total. The van der Waals surface area contributed by atoms with E-state index in [2.05, 4.69) is 16.0 Å². The average molecular weight is 597 g/mol. The summed E-state index contributed by atoms with van der Waals surface area (Å²) in [7, 11) is -8.19. The molecule has 0 aromatic carbocycles. The topological polar surface area (TPSA) is 209 Å². The average Bonchev–Trinajstić information content (AvgIpc) is 3.19. The van der Waals surface area contributed by atoms with Crippen molar-refractivity contribution < 1.29 is 45.6 Å². The van der Waals surface area contributed by atoms with Gasteiger partial charge in [-0.1, -0.05) is 13.8 Å². The molecule has 39 heavy (non-hydrogen) atoms. The predicted octanol–water partition coefficient (Wildman–Crippen LogP) is -0.451. The van der Waals surface area contributed by atoms with Crippen LogP contribution in [0, 0.1) is 17.3 Å². The Morgan fingerprint density at radius 3 is 2.26 bits per heavy atom. The number of hydrogen-bond donors (Lipinski definition) is 5. The molecular formula is C23H40N4O10S2. The Balaban J connectivity index is 1.57. The molecule has 1 aliphatic carbocycles. The van der Waals surface area contributed by atoms with Gasteiger partial charge in [-0.2, -0.15) is 8.42 Å². The van der Waals surface area contributed by atoms with E-state index in [4.69, 9.17) is 4.74 Å². The smallest absolute Gasteiger partial charge is 0.408 e. The number of aliphatic hydroxyl groups excluding tert-OH is 1. The zero-order chi connectivity index (χ0) is 29.2. The molecule has 3 amide bonds. The summed E-state index contributed by atoms with van der Waals surface area (Å²) in [5.41, 5.74) is -2.44. The van der Waals surface area contributed by atoms with Gasteiger partial charge in [0.25, 0.3) is 10.1 Å². The Hall–Kier alpha value is -2.01. The van der Waals surface area contributed by atoms with E-state index < -0.39 is 55.6 Å². The number of amides is 3. The van der Waals surface area contributed by atoms with Gasteiger partial charge in [0.2, 0.25) is 27.3 Å². The largest absolute Gasteiger partial charge is 0.446 e. The summed E-state index contributed by atoms with van der Waals surface area (Å²) in [6.45, 7) is 4.85. The van der Waals surface area contributed by atoms with Crippen molar-refractivity contribution in [2.45, 2.75) is 82.4 Å². The number of piperidine rings is 1. The molecule has 3 aliphatic rings. The first-order valence-electron chi connectivity index (χ1n) is 13.1. The lowest BCUT2D eigenvalue weighted by Gasteiger charge is -2.50. The fourth-order valence-corrected chi connectivity index (χ4v) is 7.07. The van der Waals surface area contributed by atoms with Crippen LogP contribution in [0.5, 0.6) is 0 Å². The summed E-state index contributed by atoms with van der Waals surface area (Å²) in [4.78, 5) is 37.8. The van der Waals surface area contributed by atoms with Crippen LogP contribution in [0.25, 0.3) is 0 Å². The van der Waals surface area contributed by atoms with Crippen LogP contribution in [0.4, 0.5) is 4.79 Å². The van der Waals surface area contributed by atoms with E-state index in [0.717, 1.165) is 0 Å². The second-order valence-electron chi connectivity index (χ2n) is 11.5. The Kier molecular flexibility index (Phi) is 9.89. The fraction of sp³-hybridized carbons (Fsp3) is 0.870. The van der Waals surface area contributed by atoms with Crippen LogP contribution in [0.15, 0.2) is 0 Å². The summed E-state index contributed by atoms with van der Waals surface area (Å²) in [6, 6.07) is -2.61. The minimum absolute atomic E-state index is 0.0568. The van der Waals surface area contributed by atoms with Gasteiger partial charge >= 0.3 is 6.09 Å². The van der Waals surface area contributed by atoms with Gasteiger partial charge in [0.15, 0.2) is 0 Å². The Labute approximate surface area is 229 Å². The highest BCUT2D eigenvalue weighted by Gasteiger charge is 2.48. The number of nitrogens with one attached hydrogen (secondary N) is 3. The van der Waals surface area contributed by atoms with Gasteiger partial charge in [-0.05, 0) is 56.3 Å². The Morgan fingerprint density at radius 1 is 1.15 bits per heavy atom. The number of ether oxygens (including phenoxy) is 1. The molecule has 2 heterocycles. The second-order valence-corrected chi connectivity index (χ2v) is 15.0. The van der Waals surface area contributed by atoms with Gasteiger partial charge in [-0.3, -0.25) is 14.1 Å². The number of aliphatic hydroxyl groups is 1. The highest BCUT2D eigenvalue weighted by Crippen LogP contribution is 2.50. The highest BCUT2D eigenvalue weighted by molar-refractivity contribution is 7.88. The molecule has 1 saturated carbocycles. The molecule has 5 N–H and O–H groups in total. The number of hydrogen-bond acceptors (Lipinski definition) is 9. The van der Waals surface area contributed by atoms with Crippen LogP contribution in [-0.4, -0.2) is 98.2 Å². The molecular weight excluding hydrogens is 556 g/mol. The van der Waals surface area contributed by atoms with E-state index in [1.54, 1.807) is 0 Å². The van der Waals surface area contributed by atoms with Crippen molar-refractivity contribution >= 4 is 38.0 Å². The van der Waals surface area contributed by atoms with Crippen molar-refractivity contribution in [1.29, 1.82) is 0 Å². The van der Waals surface area contributed by atoms with Gasteiger partial charge in [0.05, 0.1) is 12.3 Å². The Morgan fingerprint density at radius 2 is 1.77 bits per heavy atom. The van der Waals surface area contributed by atoms with E-state index in [1.165, 1.54) is 10.6 Å². The normalized spacial score (nSPS) is 24.5. The van der Waals surface area contributed by atoms with Gasteiger partial charge in [-0.25, -0.2) is 17.5 Å². The van der Waals surface area contributed by atoms with Crippen LogP contribution in [0.1, 0.15) is 58.8 Å². The van der Waals surface area contributed by atoms with Crippen molar-refractivity contribution in [2.75, 3.05) is 25.9 Å². The molecule has 0 radical (unpaired) electrons. The quantitative estimate of drug-likeness (QED) is 0.194. The number of carbonyl (C=O) groups excluding carboxylic acids is 3. The van der Waals surface area contributed by atoms with Gasteiger partial charge in [0.1, 0.15) is 12.1 Å². The van der Waals surface area contributed by atoms with Crippen molar-refractivity contribution in [3.05, 3.63) is 0 Å². The minimum atomic E-state index is -4.95. The van der Waals surface area contributed by atoms with Crippen molar-refractivity contribution in [1.82, 2.24) is 20.3 Å². The Bertz CT molecular complexity index is 1130. The minimum Gasteiger partial charge on any atom is -0.446 e. The molecule has 0 bridgehead atoms. The van der Waals surface area contributed by atoms with Gasteiger partial charge in [-0.15, -0.1) is 0 Å². The van der Waals surface area contributed by atoms with Gasteiger partial charge in [0, 0.05) is 25.6 Å². The number of rotatable bonds is 11. The van der Waals surface area contributed by atoms with Crippen LogP contribution in [-0.2, 0) is 34.5 Å². The highest BCUT2D eigenvalue weighted by atomic mass is 32.2. The number of alkyl carbamates (subject to hydrolysis) is 1. The predicted molar refractivity (Wildman–Crippen MR) is 139 cm³/mol. The maximum atomic E-state index is 13.1. The molecule has 2 aliphatic heterocycles. The number of nitrogens with zero attached hydrogens (tertiary/aromatic N) is 1. The zero-order valence-corrected chi connectivity index (χ0v) is 24.1. The summed E-state index contributed by atoms with van der Waals surface area (Å²) < 4.78 is 63.1. The number of carbonyl (C=O) groups is 3. The summed E-state index contributed by atoms with van der Waals surface area (Å²) in [5, 5.41) is 17.7. The third-order valence-electron chi connectivity index (χ3n) is 7.84. The molecule has 2 saturated heterocycles. The van der Waals surface area contributed by atoms with Crippen molar-refractivity contribution in [3.63, 3.8) is 0 Å². The van der Waals surface area contributed by atoms with E-state index in [0.29, 0.717) is 51.7 Å². The van der Waals surface area contributed by atoms with Crippen LogP contribution < -0.4 is 16.0 Å². The SMILES string of the molecule is CC(C)C[C@H](NC(=O)OC1CC2(CCN(S(C)(=O)=O)CC2)C1)C(=O)N[C@@H](C[C@@H]1CCNC1=O)[C@H](O)S(=O)(=O)O. The van der Waals surface area contributed by atoms with E-state index in [1.807, 2.05) is 13.8 Å². The standard InChI is InChI=1S/C23H40N4O10S2/c1-14(2)10-17(20(29)25-18(21(30)39(34,35)36)11-15-4-7-24-19(15)28)26-22(31)37-16-12-23(13-16)5-8-27(9-6-23)38(3,32)33/h14-18,21,30H,4-13H2,1-3H3,(H,24,28)(H,25,29)(H,26,31)(H,34,35,36)/t15-,17-,18-,21+/m0/s1. The molecule has 0 aromatic rings. The first-order valence-corrected chi connectivity index (χ1v) is 16.5. The maximum absolute atomic E-state index is 13.1. The van der Waals surface area contributed by atoms with Crippen LogP contribution in [0.2, 0.25) is 0 Å². The van der Waals surface area contributed by atoms with Crippen molar-refractivity contribution in [2.24, 2.45) is 17.3 Å². The molecule has 1 spiro atoms. The third-order valence-corrected chi connectivity index (χ3v) is 10.1. The molecule has 0 unspecified atom stereocenters. The lowest BCUT2D eigenvalue weighted by atomic mass is 9.62. The molecule has 3 fully saturated rings. The fourth-order valence-electron chi connectivity index (χ4n) is 5.63. The van der Waals surface area contributed by atoms with E-state index in [-0.39, 0.29) is 36.2 Å². The van der Waals surface area contributed by atoms with Gasteiger partial charge < -0.3 is 25.8 Å². The second kappa shape index (κ2) is 12.2. The molecule has 224 valence electrons. The molecule has 0 aromatic heterocycles. The van der Waals surface area contributed by atoms with Crippen LogP contribution >= 0.6 is 0 Å². The van der Waals surface area contributed by atoms with E-state index in [9.17, 15) is 40.9 Å². The molecule has 16 heteroatoms. The first kappa shape index (κ1) is 31.5. The number of sulfonamides is 1. The summed E-state index contributed by atoms with van der Waals surface area (Å²) in [5.74, 6) is -1.86. The zero-order valence-electron chi connectivity index (χ0n) is 22.5. The molecule has 3 rings (SSSR count). The summed E-state index contributed by atoms with van der Waals surface area (Å²) in [6.07, 6.45) is 2.83. The van der Waals surface area contributed by atoms with Crippen LogP contribution in [0.3, 0.4) is 0 Å². The lowest BCUT2D eigenvalue weighted by molar-refractivity contribution is -0.126. The summed E-state index contributed by atoms with van der Waals surface area (Å²) >= 11 is 0. The lowest BCUT2D eigenvalue weighted by Crippen LogP contribution is -2.56. The third kappa shape index (κ3) is 8.49.